The molecule has 2 aromatic carbocycles. The van der Waals surface area contributed by atoms with Crippen LogP contribution < -0.4 is 14.2 Å². The van der Waals surface area contributed by atoms with Gasteiger partial charge < -0.3 is 28.6 Å². The summed E-state index contributed by atoms with van der Waals surface area (Å²) in [5.74, 6) is -1.22. The van der Waals surface area contributed by atoms with Gasteiger partial charge in [-0.15, -0.1) is 0 Å². The molecule has 1 aliphatic rings. The van der Waals surface area contributed by atoms with E-state index in [1.54, 1.807) is 55.4 Å². The summed E-state index contributed by atoms with van der Waals surface area (Å²) in [7, 11) is 4.47. The van der Waals surface area contributed by atoms with Crippen molar-refractivity contribution < 1.29 is 37.7 Å². The van der Waals surface area contributed by atoms with Crippen LogP contribution in [0.3, 0.4) is 0 Å². The van der Waals surface area contributed by atoms with Crippen molar-refractivity contribution in [1.29, 1.82) is 0 Å². The van der Waals surface area contributed by atoms with Gasteiger partial charge in [-0.1, -0.05) is 12.1 Å². The highest BCUT2D eigenvalue weighted by Crippen LogP contribution is 2.45. The van der Waals surface area contributed by atoms with E-state index in [1.807, 2.05) is 0 Å². The third-order valence-electron chi connectivity index (χ3n) is 5.58. The molecule has 3 rings (SSSR count). The molecule has 0 unspecified atom stereocenters. The molecule has 1 aliphatic heterocycles. The maximum Gasteiger partial charge on any atom is 0.336 e. The quantitative estimate of drug-likeness (QED) is 0.447. The van der Waals surface area contributed by atoms with Gasteiger partial charge in [0, 0.05) is 30.6 Å². The van der Waals surface area contributed by atoms with Crippen LogP contribution >= 0.6 is 0 Å². The Bertz CT molecular complexity index is 1120. The average molecular weight is 500 g/mol. The van der Waals surface area contributed by atoms with Crippen LogP contribution in [0.2, 0.25) is 0 Å². The maximum atomic E-state index is 13.4. The van der Waals surface area contributed by atoms with Crippen molar-refractivity contribution in [2.24, 2.45) is 0 Å². The van der Waals surface area contributed by atoms with Gasteiger partial charge in [0.25, 0.3) is 0 Å². The van der Waals surface area contributed by atoms with Gasteiger partial charge in [0.2, 0.25) is 0 Å². The highest BCUT2D eigenvalue weighted by atomic mass is 19.1. The van der Waals surface area contributed by atoms with E-state index in [-0.39, 0.29) is 36.7 Å². The molecule has 0 spiro atoms. The van der Waals surface area contributed by atoms with Crippen LogP contribution in [0.5, 0.6) is 17.2 Å². The van der Waals surface area contributed by atoms with Crippen LogP contribution in [0.25, 0.3) is 0 Å². The minimum Gasteiger partial charge on any atom is -0.496 e. The Labute approximate surface area is 209 Å². The molecule has 8 nitrogen and oxygen atoms in total. The number of carbonyl (C=O) groups is 2. The van der Waals surface area contributed by atoms with Crippen molar-refractivity contribution in [3.8, 4) is 17.2 Å². The molecule has 0 aliphatic carbocycles. The van der Waals surface area contributed by atoms with Gasteiger partial charge in [-0.2, -0.15) is 0 Å². The number of nitrogens with zero attached hydrogens (tertiary/aromatic N) is 1. The van der Waals surface area contributed by atoms with Crippen LogP contribution in [-0.4, -0.2) is 51.4 Å². The molecule has 0 aromatic heterocycles. The minimum atomic E-state index is -0.873. The number of halogens is 1. The van der Waals surface area contributed by atoms with E-state index in [0.717, 1.165) is 5.56 Å². The summed E-state index contributed by atoms with van der Waals surface area (Å²) < 4.78 is 40.6. The van der Waals surface area contributed by atoms with Crippen LogP contribution in [0.15, 0.2) is 59.9 Å². The van der Waals surface area contributed by atoms with E-state index < -0.39 is 17.9 Å². The normalized spacial score (nSPS) is 13.4. The predicted octanol–water partition coefficient (Wildman–Crippen LogP) is 4.34. The Morgan fingerprint density at radius 1 is 0.806 bits per heavy atom. The highest BCUT2D eigenvalue weighted by Gasteiger charge is 2.38. The molecule has 0 N–H and O–H groups in total. The van der Waals surface area contributed by atoms with Crippen LogP contribution in [-0.2, 0) is 25.6 Å². The Hall–Kier alpha value is -4.01. The van der Waals surface area contributed by atoms with Crippen molar-refractivity contribution in [2.45, 2.75) is 26.3 Å². The Morgan fingerprint density at radius 2 is 1.31 bits per heavy atom. The number of benzene rings is 2. The molecule has 0 fully saturated rings. The lowest BCUT2D eigenvalue weighted by Gasteiger charge is -2.31. The summed E-state index contributed by atoms with van der Waals surface area (Å²) in [6.45, 7) is 3.96. The first-order valence-electron chi connectivity index (χ1n) is 11.4. The molecule has 2 aromatic rings. The largest absolute Gasteiger partial charge is 0.496 e. The molecule has 0 atom stereocenters. The molecule has 0 saturated heterocycles. The number of esters is 2. The van der Waals surface area contributed by atoms with Gasteiger partial charge in [0.15, 0.2) is 11.5 Å². The number of hydrogen-bond donors (Lipinski definition) is 0. The molecule has 1 heterocycles. The Balaban J connectivity index is 2.20. The van der Waals surface area contributed by atoms with Crippen molar-refractivity contribution in [1.82, 2.24) is 4.90 Å². The molecule has 0 saturated carbocycles. The summed E-state index contributed by atoms with van der Waals surface area (Å²) in [4.78, 5) is 28.0. The first-order valence-corrected chi connectivity index (χ1v) is 11.4. The van der Waals surface area contributed by atoms with E-state index >= 15 is 0 Å². The monoisotopic (exact) mass is 499 g/mol. The molecular weight excluding hydrogens is 469 g/mol. The van der Waals surface area contributed by atoms with E-state index in [1.165, 1.54) is 33.5 Å². The van der Waals surface area contributed by atoms with E-state index in [2.05, 4.69) is 0 Å². The van der Waals surface area contributed by atoms with Crippen molar-refractivity contribution in [3.63, 3.8) is 0 Å². The summed E-state index contributed by atoms with van der Waals surface area (Å²) in [6, 6.07) is 9.26. The van der Waals surface area contributed by atoms with Gasteiger partial charge in [-0.3, -0.25) is 0 Å². The fourth-order valence-corrected chi connectivity index (χ4v) is 3.99. The zero-order valence-corrected chi connectivity index (χ0v) is 21.0. The number of hydrogen-bond acceptors (Lipinski definition) is 8. The fraction of sp³-hybridized carbons (Fsp3) is 0.333. The SMILES string of the molecule is CCOC(=O)C1=CN(Cc2ccc(F)cc2)C=C(C(=O)OCC)C1c1cc(OC)c(OC)cc1OC. The lowest BCUT2D eigenvalue weighted by Crippen LogP contribution is -2.29. The lowest BCUT2D eigenvalue weighted by molar-refractivity contribution is -0.139. The smallest absolute Gasteiger partial charge is 0.336 e. The summed E-state index contributed by atoms with van der Waals surface area (Å²) in [5.41, 5.74) is 1.68. The topological polar surface area (TPSA) is 83.5 Å². The van der Waals surface area contributed by atoms with Gasteiger partial charge in [-0.05, 0) is 37.6 Å². The molecule has 192 valence electrons. The first kappa shape index (κ1) is 26.6. The van der Waals surface area contributed by atoms with Crippen molar-refractivity contribution in [2.75, 3.05) is 34.5 Å². The van der Waals surface area contributed by atoms with E-state index in [4.69, 9.17) is 23.7 Å². The first-order chi connectivity index (χ1) is 17.4. The van der Waals surface area contributed by atoms with Gasteiger partial charge in [0.1, 0.15) is 11.6 Å². The van der Waals surface area contributed by atoms with Crippen molar-refractivity contribution in [3.05, 3.63) is 76.9 Å². The third-order valence-corrected chi connectivity index (χ3v) is 5.58. The third kappa shape index (κ3) is 5.79. The second kappa shape index (κ2) is 12.1. The van der Waals surface area contributed by atoms with Crippen molar-refractivity contribution >= 4 is 11.9 Å². The number of rotatable bonds is 10. The van der Waals surface area contributed by atoms with E-state index in [9.17, 15) is 14.0 Å². The second-order valence-corrected chi connectivity index (χ2v) is 7.79. The molecule has 0 amide bonds. The van der Waals surface area contributed by atoms with Crippen LogP contribution in [0.1, 0.15) is 30.9 Å². The average Bonchev–Trinajstić information content (AvgIpc) is 2.89. The summed E-state index contributed by atoms with van der Waals surface area (Å²) >= 11 is 0. The van der Waals surface area contributed by atoms with Gasteiger partial charge >= 0.3 is 11.9 Å². The second-order valence-electron chi connectivity index (χ2n) is 7.79. The molecule has 0 bridgehead atoms. The maximum absolute atomic E-state index is 13.4. The number of methoxy groups -OCH3 is 3. The minimum absolute atomic E-state index is 0.141. The lowest BCUT2D eigenvalue weighted by atomic mass is 9.82. The van der Waals surface area contributed by atoms with Gasteiger partial charge in [0.05, 0.1) is 51.6 Å². The van der Waals surface area contributed by atoms with E-state index in [0.29, 0.717) is 22.8 Å². The predicted molar refractivity (Wildman–Crippen MR) is 130 cm³/mol. The zero-order chi connectivity index (χ0) is 26.2. The summed E-state index contributed by atoms with van der Waals surface area (Å²) in [6.07, 6.45) is 3.23. The molecule has 36 heavy (non-hydrogen) atoms. The molecule has 9 heteroatoms. The number of carbonyl (C=O) groups excluding carboxylic acids is 2. The highest BCUT2D eigenvalue weighted by molar-refractivity contribution is 5.99. The molecular formula is C27H30FNO7. The Morgan fingerprint density at radius 3 is 1.78 bits per heavy atom. The van der Waals surface area contributed by atoms with Gasteiger partial charge in [-0.25, -0.2) is 14.0 Å². The number of ether oxygens (including phenoxy) is 5. The van der Waals surface area contributed by atoms with Crippen LogP contribution in [0.4, 0.5) is 4.39 Å². The Kier molecular flexibility index (Phi) is 8.94. The fourth-order valence-electron chi connectivity index (χ4n) is 3.99. The summed E-state index contributed by atoms with van der Waals surface area (Å²) in [5, 5.41) is 0. The van der Waals surface area contributed by atoms with Crippen LogP contribution in [0, 0.1) is 5.82 Å². The zero-order valence-electron chi connectivity index (χ0n) is 21.0. The molecule has 0 radical (unpaired) electrons. The standard InChI is InChI=1S/C27H30FNO7/c1-6-35-26(30)20-15-29(14-17-8-10-18(28)11-9-17)16-21(27(31)36-7-2)25(20)19-12-23(33-4)24(34-5)13-22(19)32-3/h8-13,15-16,25H,6-7,14H2,1-5H3.